The molecule has 1 heteroatoms. The van der Waals surface area contributed by atoms with Gasteiger partial charge in [0.1, 0.15) is 0 Å². The molecule has 0 unspecified atom stereocenters. The van der Waals surface area contributed by atoms with Gasteiger partial charge in [-0.1, -0.05) is 146 Å². The Bertz CT molecular complexity index is 1710. The van der Waals surface area contributed by atoms with E-state index < -0.39 is 0 Å². The van der Waals surface area contributed by atoms with Crippen molar-refractivity contribution in [1.82, 2.24) is 0 Å². The van der Waals surface area contributed by atoms with Gasteiger partial charge in [-0.3, -0.25) is 0 Å². The fraction of sp³-hybridized carbons (Fsp3) is 0.0667. The summed E-state index contributed by atoms with van der Waals surface area (Å²) in [5.41, 5.74) is 14.3. The maximum absolute atomic E-state index is 2.34. The first-order valence-corrected chi connectivity index (χ1v) is 16.0. The number of allylic oxidation sites excluding steroid dienone is 3. The van der Waals surface area contributed by atoms with E-state index in [1.54, 1.807) is 0 Å². The highest BCUT2D eigenvalue weighted by Crippen LogP contribution is 2.38. The normalized spacial score (nSPS) is 12.2. The Morgan fingerprint density at radius 3 is 0.739 bits per heavy atom. The number of hydrogen-bond donors (Lipinski definition) is 0. The maximum atomic E-state index is 2.34. The number of rotatable bonds is 9. The summed E-state index contributed by atoms with van der Waals surface area (Å²) >= 11 is 0. The zero-order chi connectivity index (χ0) is 31.7. The van der Waals surface area contributed by atoms with Gasteiger partial charge in [-0.05, 0) is 107 Å². The van der Waals surface area contributed by atoms with E-state index >= 15 is 0 Å². The zero-order valence-corrected chi connectivity index (χ0v) is 26.8. The molecule has 0 heterocycles. The number of anilines is 3. The van der Waals surface area contributed by atoms with Crippen LogP contribution in [0.2, 0.25) is 0 Å². The van der Waals surface area contributed by atoms with Crippen LogP contribution in [0.15, 0.2) is 182 Å². The van der Waals surface area contributed by atoms with E-state index in [1.807, 2.05) is 0 Å². The first-order chi connectivity index (χ1) is 22.7. The lowest BCUT2D eigenvalue weighted by Crippen LogP contribution is -2.10. The summed E-state index contributed by atoms with van der Waals surface area (Å²) in [5.74, 6) is 0. The lowest BCUT2D eigenvalue weighted by Gasteiger charge is -2.26. The van der Waals surface area contributed by atoms with Gasteiger partial charge in [-0.15, -0.1) is 0 Å². The van der Waals surface area contributed by atoms with Gasteiger partial charge < -0.3 is 4.90 Å². The summed E-state index contributed by atoms with van der Waals surface area (Å²) in [6.45, 7) is 6.32. The largest absolute Gasteiger partial charge is 0.311 e. The van der Waals surface area contributed by atoms with Crippen molar-refractivity contribution in [1.29, 1.82) is 0 Å². The van der Waals surface area contributed by atoms with Crippen LogP contribution in [0.4, 0.5) is 17.1 Å². The highest BCUT2D eigenvalue weighted by atomic mass is 15.1. The van der Waals surface area contributed by atoms with Gasteiger partial charge in [0.2, 0.25) is 0 Å². The van der Waals surface area contributed by atoms with Crippen LogP contribution >= 0.6 is 0 Å². The molecule has 0 aliphatic rings. The molecule has 224 valence electrons. The van der Waals surface area contributed by atoms with Crippen molar-refractivity contribution < 1.29 is 0 Å². The van der Waals surface area contributed by atoms with Gasteiger partial charge in [-0.2, -0.15) is 0 Å². The Morgan fingerprint density at radius 2 is 0.522 bits per heavy atom. The minimum absolute atomic E-state index is 1.11. The third-order valence-electron chi connectivity index (χ3n) is 8.43. The van der Waals surface area contributed by atoms with E-state index in [1.165, 1.54) is 50.1 Å². The Labute approximate surface area is 274 Å². The number of hydrogen-bond acceptors (Lipinski definition) is 1. The van der Waals surface area contributed by atoms with E-state index in [9.17, 15) is 0 Å². The lowest BCUT2D eigenvalue weighted by atomic mass is 9.96. The third kappa shape index (κ3) is 6.55. The van der Waals surface area contributed by atoms with Crippen LogP contribution in [-0.4, -0.2) is 0 Å². The van der Waals surface area contributed by atoms with Crippen LogP contribution in [0.5, 0.6) is 0 Å². The minimum Gasteiger partial charge on any atom is -0.311 e. The van der Waals surface area contributed by atoms with Gasteiger partial charge in [0.05, 0.1) is 0 Å². The molecule has 0 amide bonds. The molecule has 0 aliphatic carbocycles. The highest BCUT2D eigenvalue weighted by Gasteiger charge is 2.15. The van der Waals surface area contributed by atoms with Gasteiger partial charge in [0, 0.05) is 17.1 Å². The number of nitrogens with zero attached hydrogens (tertiary/aromatic N) is 1. The van der Waals surface area contributed by atoms with Gasteiger partial charge in [0.15, 0.2) is 0 Å². The molecular formula is C45H39N. The van der Waals surface area contributed by atoms with E-state index in [2.05, 4.69) is 208 Å². The fourth-order valence-electron chi connectivity index (χ4n) is 6.17. The average Bonchev–Trinajstić information content (AvgIpc) is 3.13. The SMILES string of the molecule is CC=C(c1ccccc1)c1ccc(N(c2ccc(C(=CC)c3ccccc3)cc2)c2ccc(C(=CC)c3ccccc3)cc2)cc1. The summed E-state index contributed by atoms with van der Waals surface area (Å²) in [6.07, 6.45) is 6.57. The van der Waals surface area contributed by atoms with E-state index in [0.29, 0.717) is 0 Å². The summed E-state index contributed by atoms with van der Waals surface area (Å²) in [5, 5.41) is 0. The molecule has 0 saturated heterocycles. The minimum atomic E-state index is 1.11. The number of benzene rings is 6. The summed E-state index contributed by atoms with van der Waals surface area (Å²) in [4.78, 5) is 2.34. The zero-order valence-electron chi connectivity index (χ0n) is 26.8. The second kappa shape index (κ2) is 14.4. The summed E-state index contributed by atoms with van der Waals surface area (Å²) in [6, 6.07) is 58.5. The van der Waals surface area contributed by atoms with Crippen LogP contribution in [0.25, 0.3) is 16.7 Å². The van der Waals surface area contributed by atoms with Gasteiger partial charge in [0.25, 0.3) is 0 Å². The second-order valence-corrected chi connectivity index (χ2v) is 11.2. The van der Waals surface area contributed by atoms with Crippen LogP contribution in [0.3, 0.4) is 0 Å². The van der Waals surface area contributed by atoms with E-state index in [-0.39, 0.29) is 0 Å². The topological polar surface area (TPSA) is 3.24 Å². The molecule has 0 aromatic heterocycles. The van der Waals surface area contributed by atoms with Crippen molar-refractivity contribution in [3.05, 3.63) is 215 Å². The molecule has 0 radical (unpaired) electrons. The Kier molecular flexibility index (Phi) is 9.52. The molecule has 6 rings (SSSR count). The molecule has 0 fully saturated rings. The van der Waals surface area contributed by atoms with Crippen LogP contribution < -0.4 is 4.90 Å². The maximum Gasteiger partial charge on any atom is 0.0462 e. The summed E-state index contributed by atoms with van der Waals surface area (Å²) < 4.78 is 0. The van der Waals surface area contributed by atoms with Crippen molar-refractivity contribution in [2.24, 2.45) is 0 Å². The highest BCUT2D eigenvalue weighted by molar-refractivity contribution is 5.85. The van der Waals surface area contributed by atoms with E-state index in [0.717, 1.165) is 17.1 Å². The smallest absolute Gasteiger partial charge is 0.0462 e. The quantitative estimate of drug-likeness (QED) is 0.161. The molecule has 6 aromatic carbocycles. The van der Waals surface area contributed by atoms with Crippen LogP contribution in [0, 0.1) is 0 Å². The monoisotopic (exact) mass is 593 g/mol. The van der Waals surface area contributed by atoms with Crippen molar-refractivity contribution >= 4 is 33.8 Å². The van der Waals surface area contributed by atoms with Crippen molar-refractivity contribution in [3.8, 4) is 0 Å². The molecular weight excluding hydrogens is 555 g/mol. The summed E-state index contributed by atoms with van der Waals surface area (Å²) in [7, 11) is 0. The molecule has 6 aromatic rings. The molecule has 0 spiro atoms. The lowest BCUT2D eigenvalue weighted by molar-refractivity contribution is 1.28. The van der Waals surface area contributed by atoms with Crippen molar-refractivity contribution in [2.75, 3.05) is 4.90 Å². The molecule has 0 saturated carbocycles. The van der Waals surface area contributed by atoms with Gasteiger partial charge >= 0.3 is 0 Å². The molecule has 46 heavy (non-hydrogen) atoms. The predicted molar refractivity (Wildman–Crippen MR) is 199 cm³/mol. The van der Waals surface area contributed by atoms with Gasteiger partial charge in [-0.25, -0.2) is 0 Å². The first-order valence-electron chi connectivity index (χ1n) is 16.0. The molecule has 0 atom stereocenters. The standard InChI is InChI=1S/C45H39N/c1-4-43(34-16-10-7-11-17-34)37-22-28-40(29-23-37)46(41-30-24-38(25-31-41)44(5-2)35-18-12-8-13-19-35)42-32-26-39(27-33-42)45(6-3)36-20-14-9-15-21-36/h4-33H,1-3H3. The van der Waals surface area contributed by atoms with Crippen molar-refractivity contribution in [2.45, 2.75) is 20.8 Å². The molecule has 0 N–H and O–H groups in total. The Morgan fingerprint density at radius 1 is 0.304 bits per heavy atom. The molecule has 0 bridgehead atoms. The first kappa shape index (κ1) is 30.4. The predicted octanol–water partition coefficient (Wildman–Crippen LogP) is 12.5. The van der Waals surface area contributed by atoms with Crippen LogP contribution in [-0.2, 0) is 0 Å². The fourth-order valence-corrected chi connectivity index (χ4v) is 6.17. The van der Waals surface area contributed by atoms with Crippen LogP contribution in [0.1, 0.15) is 54.2 Å². The average molecular weight is 594 g/mol. The third-order valence-corrected chi connectivity index (χ3v) is 8.43. The second-order valence-electron chi connectivity index (χ2n) is 11.2. The Hall–Kier alpha value is -5.66. The molecule has 1 nitrogen and oxygen atoms in total. The molecule has 0 aliphatic heterocycles. The van der Waals surface area contributed by atoms with Crippen molar-refractivity contribution in [3.63, 3.8) is 0 Å². The van der Waals surface area contributed by atoms with E-state index in [4.69, 9.17) is 0 Å². The Balaban J connectivity index is 1.38.